The SMILES string of the molecule is COCC(Nc1cc(C)c(O)cc1C)C(C)C. The number of methoxy groups -OCH3 is 1. The van der Waals surface area contributed by atoms with Gasteiger partial charge < -0.3 is 15.2 Å². The van der Waals surface area contributed by atoms with E-state index in [1.807, 2.05) is 19.9 Å². The molecule has 1 unspecified atom stereocenters. The summed E-state index contributed by atoms with van der Waals surface area (Å²) >= 11 is 0. The van der Waals surface area contributed by atoms with Gasteiger partial charge in [-0.15, -0.1) is 0 Å². The van der Waals surface area contributed by atoms with Gasteiger partial charge in [-0.3, -0.25) is 0 Å². The molecule has 0 spiro atoms. The Kier molecular flexibility index (Phi) is 4.82. The number of benzene rings is 1. The minimum atomic E-state index is 0.280. The smallest absolute Gasteiger partial charge is 0.118 e. The number of ether oxygens (including phenoxy) is 1. The predicted octanol–water partition coefficient (Wildman–Crippen LogP) is 3.09. The van der Waals surface area contributed by atoms with Crippen molar-refractivity contribution in [1.82, 2.24) is 0 Å². The molecule has 1 atom stereocenters. The molecule has 0 aliphatic rings. The largest absolute Gasteiger partial charge is 0.508 e. The van der Waals surface area contributed by atoms with Gasteiger partial charge >= 0.3 is 0 Å². The molecule has 1 aromatic carbocycles. The first-order chi connectivity index (χ1) is 7.95. The molecule has 0 aromatic heterocycles. The Morgan fingerprint density at radius 2 is 1.88 bits per heavy atom. The van der Waals surface area contributed by atoms with E-state index in [9.17, 15) is 5.11 Å². The number of nitrogens with one attached hydrogen (secondary N) is 1. The molecule has 0 saturated carbocycles. The summed E-state index contributed by atoms with van der Waals surface area (Å²) in [6.45, 7) is 8.90. The molecule has 0 radical (unpaired) electrons. The van der Waals surface area contributed by atoms with Crippen LogP contribution in [0.4, 0.5) is 5.69 Å². The maximum atomic E-state index is 9.62. The van der Waals surface area contributed by atoms with Gasteiger partial charge in [0.1, 0.15) is 5.75 Å². The minimum absolute atomic E-state index is 0.280. The lowest BCUT2D eigenvalue weighted by Crippen LogP contribution is -2.30. The molecule has 3 nitrogen and oxygen atoms in total. The number of aryl methyl sites for hydroxylation is 2. The second-order valence-corrected chi connectivity index (χ2v) is 4.90. The van der Waals surface area contributed by atoms with E-state index >= 15 is 0 Å². The molecule has 3 heteroatoms. The average molecular weight is 237 g/mol. The molecule has 0 heterocycles. The van der Waals surface area contributed by atoms with Gasteiger partial charge in [-0.2, -0.15) is 0 Å². The fourth-order valence-corrected chi connectivity index (χ4v) is 1.74. The Balaban J connectivity index is 2.89. The lowest BCUT2D eigenvalue weighted by molar-refractivity contribution is 0.171. The van der Waals surface area contributed by atoms with Gasteiger partial charge in [0.05, 0.1) is 12.6 Å². The molecule has 1 aromatic rings. The monoisotopic (exact) mass is 237 g/mol. The zero-order valence-corrected chi connectivity index (χ0v) is 11.4. The summed E-state index contributed by atoms with van der Waals surface area (Å²) in [5.74, 6) is 0.837. The highest BCUT2D eigenvalue weighted by molar-refractivity contribution is 5.57. The van der Waals surface area contributed by atoms with Gasteiger partial charge in [-0.25, -0.2) is 0 Å². The topological polar surface area (TPSA) is 41.5 Å². The van der Waals surface area contributed by atoms with Crippen LogP contribution >= 0.6 is 0 Å². The molecular formula is C14H23NO2. The van der Waals surface area contributed by atoms with E-state index in [0.717, 1.165) is 16.8 Å². The van der Waals surface area contributed by atoms with E-state index in [0.29, 0.717) is 18.3 Å². The summed E-state index contributed by atoms with van der Waals surface area (Å²) in [5, 5.41) is 13.1. The van der Waals surface area contributed by atoms with Crippen LogP contribution in [0.1, 0.15) is 25.0 Å². The third kappa shape index (κ3) is 3.63. The number of hydrogen-bond donors (Lipinski definition) is 2. The van der Waals surface area contributed by atoms with Gasteiger partial charge in [0.15, 0.2) is 0 Å². The van der Waals surface area contributed by atoms with Gasteiger partial charge in [0.2, 0.25) is 0 Å². The number of phenolic OH excluding ortho intramolecular Hbond substituents is 1. The lowest BCUT2D eigenvalue weighted by Gasteiger charge is -2.24. The number of anilines is 1. The Morgan fingerprint density at radius 1 is 1.24 bits per heavy atom. The van der Waals surface area contributed by atoms with Crippen LogP contribution in [-0.2, 0) is 4.74 Å². The van der Waals surface area contributed by atoms with Crippen LogP contribution in [0.2, 0.25) is 0 Å². The fourth-order valence-electron chi connectivity index (χ4n) is 1.74. The molecule has 0 bridgehead atoms. The van der Waals surface area contributed by atoms with Gasteiger partial charge in [-0.05, 0) is 43.0 Å². The van der Waals surface area contributed by atoms with Crippen LogP contribution in [-0.4, -0.2) is 24.9 Å². The van der Waals surface area contributed by atoms with Crippen molar-refractivity contribution in [3.8, 4) is 5.75 Å². The van der Waals surface area contributed by atoms with Crippen molar-refractivity contribution in [1.29, 1.82) is 0 Å². The quantitative estimate of drug-likeness (QED) is 0.773. The van der Waals surface area contributed by atoms with E-state index in [1.165, 1.54) is 0 Å². The predicted molar refractivity (Wildman–Crippen MR) is 71.7 cm³/mol. The molecule has 17 heavy (non-hydrogen) atoms. The molecular weight excluding hydrogens is 214 g/mol. The van der Waals surface area contributed by atoms with Crippen molar-refractivity contribution >= 4 is 5.69 Å². The van der Waals surface area contributed by atoms with Crippen molar-refractivity contribution in [2.24, 2.45) is 5.92 Å². The molecule has 96 valence electrons. The van der Waals surface area contributed by atoms with Crippen LogP contribution < -0.4 is 5.32 Å². The second-order valence-electron chi connectivity index (χ2n) is 4.90. The first-order valence-electron chi connectivity index (χ1n) is 6.01. The second kappa shape index (κ2) is 5.92. The van der Waals surface area contributed by atoms with Crippen molar-refractivity contribution in [3.05, 3.63) is 23.3 Å². The van der Waals surface area contributed by atoms with E-state index in [1.54, 1.807) is 13.2 Å². The summed E-state index contributed by atoms with van der Waals surface area (Å²) in [4.78, 5) is 0. The number of hydrogen-bond acceptors (Lipinski definition) is 3. The Hall–Kier alpha value is -1.22. The Bertz CT molecular complexity index is 375. The summed E-state index contributed by atoms with van der Waals surface area (Å²) in [5.41, 5.74) is 3.00. The normalized spacial score (nSPS) is 12.8. The van der Waals surface area contributed by atoms with E-state index in [2.05, 4.69) is 19.2 Å². The number of phenols is 1. The third-order valence-corrected chi connectivity index (χ3v) is 3.03. The fraction of sp³-hybridized carbons (Fsp3) is 0.571. The Labute approximate surface area is 104 Å². The molecule has 0 aliphatic carbocycles. The molecule has 0 amide bonds. The lowest BCUT2D eigenvalue weighted by atomic mass is 10.0. The molecule has 0 aliphatic heterocycles. The maximum absolute atomic E-state index is 9.62. The van der Waals surface area contributed by atoms with Gasteiger partial charge in [0, 0.05) is 12.8 Å². The first kappa shape index (κ1) is 13.8. The summed E-state index contributed by atoms with van der Waals surface area (Å²) < 4.78 is 5.22. The van der Waals surface area contributed by atoms with Crippen molar-refractivity contribution in [2.45, 2.75) is 33.7 Å². The van der Waals surface area contributed by atoms with E-state index < -0.39 is 0 Å². The van der Waals surface area contributed by atoms with Crippen molar-refractivity contribution in [2.75, 3.05) is 19.0 Å². The number of rotatable bonds is 5. The van der Waals surface area contributed by atoms with Crippen LogP contribution in [0, 0.1) is 19.8 Å². The van der Waals surface area contributed by atoms with Crippen LogP contribution in [0.3, 0.4) is 0 Å². The molecule has 1 rings (SSSR count). The number of aromatic hydroxyl groups is 1. The molecule has 0 saturated heterocycles. The van der Waals surface area contributed by atoms with Crippen LogP contribution in [0.25, 0.3) is 0 Å². The van der Waals surface area contributed by atoms with Crippen molar-refractivity contribution in [3.63, 3.8) is 0 Å². The van der Waals surface area contributed by atoms with E-state index in [4.69, 9.17) is 4.74 Å². The average Bonchev–Trinajstić information content (AvgIpc) is 2.24. The highest BCUT2D eigenvalue weighted by Crippen LogP contribution is 2.26. The first-order valence-corrected chi connectivity index (χ1v) is 6.01. The maximum Gasteiger partial charge on any atom is 0.118 e. The Morgan fingerprint density at radius 3 is 2.41 bits per heavy atom. The minimum Gasteiger partial charge on any atom is -0.508 e. The summed E-state index contributed by atoms with van der Waals surface area (Å²) in [6, 6.07) is 4.06. The highest BCUT2D eigenvalue weighted by Gasteiger charge is 2.14. The standard InChI is InChI=1S/C14H23NO2/c1-9(2)13(8-17-5)15-12-6-11(4)14(16)7-10(12)3/h6-7,9,13,15-16H,8H2,1-5H3. The molecule has 0 fully saturated rings. The zero-order valence-electron chi connectivity index (χ0n) is 11.4. The van der Waals surface area contributed by atoms with Gasteiger partial charge in [0.25, 0.3) is 0 Å². The van der Waals surface area contributed by atoms with E-state index in [-0.39, 0.29) is 6.04 Å². The zero-order chi connectivity index (χ0) is 13.0. The highest BCUT2D eigenvalue weighted by atomic mass is 16.5. The van der Waals surface area contributed by atoms with Crippen molar-refractivity contribution < 1.29 is 9.84 Å². The summed E-state index contributed by atoms with van der Waals surface area (Å²) in [6.07, 6.45) is 0. The summed E-state index contributed by atoms with van der Waals surface area (Å²) in [7, 11) is 1.71. The van der Waals surface area contributed by atoms with Crippen LogP contribution in [0.15, 0.2) is 12.1 Å². The molecule has 2 N–H and O–H groups in total. The van der Waals surface area contributed by atoms with Crippen LogP contribution in [0.5, 0.6) is 5.75 Å². The third-order valence-electron chi connectivity index (χ3n) is 3.03. The van der Waals surface area contributed by atoms with Gasteiger partial charge in [-0.1, -0.05) is 13.8 Å².